The summed E-state index contributed by atoms with van der Waals surface area (Å²) in [6.45, 7) is 2.05. The SMILES string of the molecule is Cc1ccc2/c(=N/Nc3ncnc4ccccc34)cc(-c3ccccc3)oc2c1. The fourth-order valence-corrected chi connectivity index (χ4v) is 3.32. The van der Waals surface area contributed by atoms with Gasteiger partial charge in [0, 0.05) is 22.4 Å². The molecular formula is C24H18N4O. The molecule has 5 nitrogen and oxygen atoms in total. The number of fused-ring (bicyclic) bond motifs is 2. The van der Waals surface area contributed by atoms with E-state index in [2.05, 4.69) is 26.6 Å². The summed E-state index contributed by atoms with van der Waals surface area (Å²) >= 11 is 0. The fraction of sp³-hybridized carbons (Fsp3) is 0.0417. The number of anilines is 1. The Hall–Kier alpha value is -3.99. The van der Waals surface area contributed by atoms with Crippen LogP contribution >= 0.6 is 0 Å². The largest absolute Gasteiger partial charge is 0.456 e. The van der Waals surface area contributed by atoms with Crippen molar-refractivity contribution in [3.63, 3.8) is 0 Å². The van der Waals surface area contributed by atoms with Gasteiger partial charge in [-0.2, -0.15) is 5.10 Å². The van der Waals surface area contributed by atoms with Gasteiger partial charge in [0.2, 0.25) is 0 Å². The first-order chi connectivity index (χ1) is 14.3. The molecule has 2 aromatic heterocycles. The third-order valence-electron chi connectivity index (χ3n) is 4.78. The number of hydrogen-bond donors (Lipinski definition) is 1. The van der Waals surface area contributed by atoms with E-state index in [1.807, 2.05) is 79.7 Å². The number of nitrogens with zero attached hydrogens (tertiary/aromatic N) is 3. The van der Waals surface area contributed by atoms with E-state index in [9.17, 15) is 0 Å². The predicted octanol–water partition coefficient (Wildman–Crippen LogP) is 5.28. The lowest BCUT2D eigenvalue weighted by Crippen LogP contribution is -2.08. The number of benzene rings is 3. The van der Waals surface area contributed by atoms with Gasteiger partial charge in [0.05, 0.1) is 10.9 Å². The van der Waals surface area contributed by atoms with E-state index in [0.717, 1.165) is 44.1 Å². The van der Waals surface area contributed by atoms with Gasteiger partial charge in [-0.3, -0.25) is 5.43 Å². The van der Waals surface area contributed by atoms with Crippen LogP contribution in [0.2, 0.25) is 0 Å². The highest BCUT2D eigenvalue weighted by Gasteiger charge is 2.07. The van der Waals surface area contributed by atoms with Gasteiger partial charge in [0.25, 0.3) is 0 Å². The van der Waals surface area contributed by atoms with Gasteiger partial charge < -0.3 is 4.42 Å². The Morgan fingerprint density at radius 1 is 0.828 bits per heavy atom. The van der Waals surface area contributed by atoms with Crippen LogP contribution in [-0.4, -0.2) is 9.97 Å². The molecule has 0 unspecified atom stereocenters. The zero-order valence-electron chi connectivity index (χ0n) is 15.8. The van der Waals surface area contributed by atoms with E-state index < -0.39 is 0 Å². The third-order valence-corrected chi connectivity index (χ3v) is 4.78. The van der Waals surface area contributed by atoms with Crippen molar-refractivity contribution in [1.29, 1.82) is 0 Å². The number of hydrogen-bond acceptors (Lipinski definition) is 5. The van der Waals surface area contributed by atoms with E-state index in [4.69, 9.17) is 4.42 Å². The first-order valence-corrected chi connectivity index (χ1v) is 9.37. The van der Waals surface area contributed by atoms with Crippen LogP contribution in [0.15, 0.2) is 94.7 Å². The standard InChI is InChI=1S/C24H18N4O/c1-16-11-12-18-21(14-22(29-23(18)13-16)17-7-3-2-4-8-17)27-28-24-19-9-5-6-10-20(19)25-15-26-24/h2-15H,1H3,(H,25,26,28)/b27-21+. The molecule has 0 aliphatic carbocycles. The molecular weight excluding hydrogens is 360 g/mol. The van der Waals surface area contributed by atoms with Crippen LogP contribution in [0.3, 0.4) is 0 Å². The number of aryl methyl sites for hydroxylation is 1. The molecule has 1 N–H and O–H groups in total. The predicted molar refractivity (Wildman–Crippen MR) is 115 cm³/mol. The fourth-order valence-electron chi connectivity index (χ4n) is 3.32. The van der Waals surface area contributed by atoms with Crippen LogP contribution in [0.5, 0.6) is 0 Å². The number of aromatic nitrogens is 2. The van der Waals surface area contributed by atoms with Crippen molar-refractivity contribution >= 4 is 27.7 Å². The van der Waals surface area contributed by atoms with Crippen molar-refractivity contribution in [3.05, 3.63) is 96.1 Å². The molecule has 0 aliphatic heterocycles. The third kappa shape index (κ3) is 3.34. The normalized spacial score (nSPS) is 11.8. The molecule has 0 fully saturated rings. The van der Waals surface area contributed by atoms with Crippen molar-refractivity contribution in [1.82, 2.24) is 9.97 Å². The van der Waals surface area contributed by atoms with Gasteiger partial charge in [-0.25, -0.2) is 9.97 Å². The molecule has 5 rings (SSSR count). The maximum Gasteiger partial charge on any atom is 0.157 e. The lowest BCUT2D eigenvalue weighted by atomic mass is 10.1. The monoisotopic (exact) mass is 378 g/mol. The van der Waals surface area contributed by atoms with Gasteiger partial charge in [-0.15, -0.1) is 0 Å². The molecule has 5 aromatic rings. The molecule has 0 radical (unpaired) electrons. The maximum atomic E-state index is 6.18. The van der Waals surface area contributed by atoms with E-state index in [1.165, 1.54) is 6.33 Å². The minimum atomic E-state index is 0.665. The van der Waals surface area contributed by atoms with Crippen LogP contribution < -0.4 is 10.8 Å². The molecule has 140 valence electrons. The first-order valence-electron chi connectivity index (χ1n) is 9.37. The van der Waals surface area contributed by atoms with Crippen LogP contribution in [-0.2, 0) is 0 Å². The van der Waals surface area contributed by atoms with Crippen LogP contribution in [0.4, 0.5) is 5.82 Å². The van der Waals surface area contributed by atoms with Crippen molar-refractivity contribution < 1.29 is 4.42 Å². The Balaban J connectivity index is 1.68. The summed E-state index contributed by atoms with van der Waals surface area (Å²) in [5, 5.41) is 7.31. The average molecular weight is 378 g/mol. The van der Waals surface area contributed by atoms with E-state index in [0.29, 0.717) is 5.82 Å². The van der Waals surface area contributed by atoms with E-state index in [1.54, 1.807) is 0 Å². The zero-order valence-corrected chi connectivity index (χ0v) is 15.8. The minimum Gasteiger partial charge on any atom is -0.456 e. The molecule has 0 bridgehead atoms. The van der Waals surface area contributed by atoms with Gasteiger partial charge in [-0.1, -0.05) is 48.5 Å². The summed E-state index contributed by atoms with van der Waals surface area (Å²) in [6, 6.07) is 25.9. The summed E-state index contributed by atoms with van der Waals surface area (Å²) in [5.41, 5.74) is 6.91. The first kappa shape index (κ1) is 17.1. The molecule has 0 amide bonds. The molecule has 0 saturated heterocycles. The smallest absolute Gasteiger partial charge is 0.157 e. The molecule has 29 heavy (non-hydrogen) atoms. The number of nitrogens with one attached hydrogen (secondary N) is 1. The zero-order chi connectivity index (χ0) is 19.6. The van der Waals surface area contributed by atoms with E-state index >= 15 is 0 Å². The number of rotatable bonds is 3. The highest BCUT2D eigenvalue weighted by Crippen LogP contribution is 2.23. The second-order valence-electron chi connectivity index (χ2n) is 6.82. The van der Waals surface area contributed by atoms with Crippen LogP contribution in [0.1, 0.15) is 5.56 Å². The molecule has 3 aromatic carbocycles. The van der Waals surface area contributed by atoms with Crippen LogP contribution in [0, 0.1) is 6.92 Å². The number of para-hydroxylation sites is 1. The lowest BCUT2D eigenvalue weighted by molar-refractivity contribution is 0.618. The van der Waals surface area contributed by atoms with E-state index in [-0.39, 0.29) is 0 Å². The molecule has 0 aliphatic rings. The van der Waals surface area contributed by atoms with Crippen LogP contribution in [0.25, 0.3) is 33.2 Å². The van der Waals surface area contributed by atoms with Gasteiger partial charge in [0.15, 0.2) is 5.82 Å². The van der Waals surface area contributed by atoms with Crippen molar-refractivity contribution in [3.8, 4) is 11.3 Å². The Morgan fingerprint density at radius 3 is 2.55 bits per heavy atom. The summed E-state index contributed by atoms with van der Waals surface area (Å²) in [7, 11) is 0. The van der Waals surface area contributed by atoms with Gasteiger partial charge >= 0.3 is 0 Å². The Morgan fingerprint density at radius 2 is 1.66 bits per heavy atom. The molecule has 0 saturated carbocycles. The maximum absolute atomic E-state index is 6.18. The molecule has 2 heterocycles. The summed E-state index contributed by atoms with van der Waals surface area (Å²) < 4.78 is 6.18. The summed E-state index contributed by atoms with van der Waals surface area (Å²) in [5.74, 6) is 1.43. The summed E-state index contributed by atoms with van der Waals surface area (Å²) in [4.78, 5) is 8.66. The minimum absolute atomic E-state index is 0.665. The van der Waals surface area contributed by atoms with Crippen molar-refractivity contribution in [2.24, 2.45) is 5.10 Å². The second kappa shape index (κ2) is 7.20. The Labute approximate surface area is 167 Å². The highest BCUT2D eigenvalue weighted by atomic mass is 16.3. The average Bonchev–Trinajstić information content (AvgIpc) is 2.77. The topological polar surface area (TPSA) is 63.3 Å². The van der Waals surface area contributed by atoms with Gasteiger partial charge in [0.1, 0.15) is 17.7 Å². The Bertz CT molecular complexity index is 1390. The Kier molecular flexibility index (Phi) is 4.26. The molecule has 0 atom stereocenters. The molecule has 5 heteroatoms. The second-order valence-corrected chi connectivity index (χ2v) is 6.82. The summed E-state index contributed by atoms with van der Waals surface area (Å²) in [6.07, 6.45) is 1.54. The van der Waals surface area contributed by atoms with Crippen molar-refractivity contribution in [2.45, 2.75) is 6.92 Å². The van der Waals surface area contributed by atoms with Crippen molar-refractivity contribution in [2.75, 3.05) is 5.43 Å². The van der Waals surface area contributed by atoms with Gasteiger partial charge in [-0.05, 0) is 36.8 Å². The molecule has 0 spiro atoms. The quantitative estimate of drug-likeness (QED) is 0.434. The lowest BCUT2D eigenvalue weighted by Gasteiger charge is -2.07. The highest BCUT2D eigenvalue weighted by molar-refractivity contribution is 5.88.